The number of methoxy groups -OCH3 is 3. The molecule has 0 aliphatic heterocycles. The summed E-state index contributed by atoms with van der Waals surface area (Å²) >= 11 is 0. The quantitative estimate of drug-likeness (QED) is 0.471. The van der Waals surface area contributed by atoms with Gasteiger partial charge in [0.2, 0.25) is 11.7 Å². The van der Waals surface area contributed by atoms with Crippen LogP contribution in [0.3, 0.4) is 0 Å². The first-order chi connectivity index (χ1) is 15.5. The zero-order valence-corrected chi connectivity index (χ0v) is 18.8. The Balaban J connectivity index is 1.71. The Bertz CT molecular complexity index is 1050. The van der Waals surface area contributed by atoms with E-state index in [0.29, 0.717) is 46.7 Å². The number of aromatic nitrogens is 2. The van der Waals surface area contributed by atoms with E-state index in [2.05, 4.69) is 10.1 Å². The molecule has 0 aliphatic carbocycles. The third-order valence-corrected chi connectivity index (χ3v) is 4.85. The lowest BCUT2D eigenvalue weighted by Crippen LogP contribution is -2.39. The highest BCUT2D eigenvalue weighted by Crippen LogP contribution is 2.32. The van der Waals surface area contributed by atoms with Crippen LogP contribution in [0, 0.1) is 0 Å². The summed E-state index contributed by atoms with van der Waals surface area (Å²) in [7, 11) is 6.35. The summed E-state index contributed by atoms with van der Waals surface area (Å²) in [6.45, 7) is 2.02. The number of nitrogens with zero attached hydrogens (tertiary/aromatic N) is 3. The molecule has 1 amide bonds. The minimum Gasteiger partial charge on any atom is -0.497 e. The molecule has 0 N–H and O–H groups in total. The van der Waals surface area contributed by atoms with Gasteiger partial charge in [-0.3, -0.25) is 4.79 Å². The van der Waals surface area contributed by atoms with Crippen molar-refractivity contribution in [3.8, 4) is 34.4 Å². The average molecular weight is 441 g/mol. The molecule has 0 bridgehead atoms. The van der Waals surface area contributed by atoms with Gasteiger partial charge in [0.1, 0.15) is 11.5 Å². The van der Waals surface area contributed by atoms with E-state index in [9.17, 15) is 4.79 Å². The maximum absolute atomic E-state index is 13.0. The number of hydrogen-bond donors (Lipinski definition) is 0. The van der Waals surface area contributed by atoms with E-state index in [-0.39, 0.29) is 12.5 Å². The van der Waals surface area contributed by atoms with Gasteiger partial charge in [-0.2, -0.15) is 4.98 Å². The van der Waals surface area contributed by atoms with E-state index < -0.39 is 6.10 Å². The van der Waals surface area contributed by atoms with E-state index in [1.807, 2.05) is 19.1 Å². The standard InChI is InChI=1S/C23H27N3O6/c1-6-17(31-19-10-8-7-9-18(19)29-4)23(27)26(2)14-21-24-22(25-32-21)16-12-11-15(28-3)13-20(16)30-5/h7-13,17H,6,14H2,1-5H3/t17-/m1/s1. The number of hydrogen-bond acceptors (Lipinski definition) is 8. The van der Waals surface area contributed by atoms with Gasteiger partial charge in [-0.05, 0) is 30.7 Å². The van der Waals surface area contributed by atoms with Gasteiger partial charge in [0.15, 0.2) is 17.6 Å². The number of amides is 1. The fourth-order valence-electron chi connectivity index (χ4n) is 3.12. The smallest absolute Gasteiger partial charge is 0.263 e. The highest BCUT2D eigenvalue weighted by atomic mass is 16.5. The Morgan fingerprint density at radius 2 is 1.75 bits per heavy atom. The first-order valence-corrected chi connectivity index (χ1v) is 10.1. The normalized spacial score (nSPS) is 11.5. The molecular formula is C23H27N3O6. The van der Waals surface area contributed by atoms with Crippen molar-refractivity contribution in [3.05, 3.63) is 48.4 Å². The summed E-state index contributed by atoms with van der Waals surface area (Å²) < 4.78 is 27.2. The van der Waals surface area contributed by atoms with Crippen LogP contribution in [0.5, 0.6) is 23.0 Å². The van der Waals surface area contributed by atoms with Gasteiger partial charge in [0, 0.05) is 13.1 Å². The Morgan fingerprint density at radius 1 is 1.03 bits per heavy atom. The summed E-state index contributed by atoms with van der Waals surface area (Å²) in [4.78, 5) is 18.9. The molecule has 170 valence electrons. The lowest BCUT2D eigenvalue weighted by atomic mass is 10.2. The summed E-state index contributed by atoms with van der Waals surface area (Å²) in [6, 6.07) is 12.5. The Labute approximate surface area is 186 Å². The van der Waals surface area contributed by atoms with E-state index in [0.717, 1.165) is 0 Å². The Morgan fingerprint density at radius 3 is 2.41 bits per heavy atom. The SMILES string of the molecule is CC[C@@H](Oc1ccccc1OC)C(=O)N(C)Cc1nc(-c2ccc(OC)cc2OC)no1. The number of para-hydroxylation sites is 2. The maximum Gasteiger partial charge on any atom is 0.263 e. The molecule has 0 radical (unpaired) electrons. The molecule has 0 aliphatic rings. The van der Waals surface area contributed by atoms with Crippen LogP contribution in [-0.4, -0.2) is 55.4 Å². The van der Waals surface area contributed by atoms with E-state index in [4.69, 9.17) is 23.5 Å². The monoisotopic (exact) mass is 441 g/mol. The van der Waals surface area contributed by atoms with Gasteiger partial charge in [-0.15, -0.1) is 0 Å². The Hall–Kier alpha value is -3.75. The van der Waals surface area contributed by atoms with Gasteiger partial charge in [-0.25, -0.2) is 0 Å². The van der Waals surface area contributed by atoms with Crippen LogP contribution < -0.4 is 18.9 Å². The van der Waals surface area contributed by atoms with Crippen molar-refractivity contribution in [1.29, 1.82) is 0 Å². The number of likely N-dealkylation sites (N-methyl/N-ethyl adjacent to an activating group) is 1. The largest absolute Gasteiger partial charge is 0.497 e. The molecular weight excluding hydrogens is 414 g/mol. The third-order valence-electron chi connectivity index (χ3n) is 4.85. The first-order valence-electron chi connectivity index (χ1n) is 10.1. The maximum atomic E-state index is 13.0. The summed E-state index contributed by atoms with van der Waals surface area (Å²) in [6.07, 6.45) is -0.195. The number of ether oxygens (including phenoxy) is 4. The number of rotatable bonds is 10. The lowest BCUT2D eigenvalue weighted by Gasteiger charge is -2.23. The van der Waals surface area contributed by atoms with Gasteiger partial charge < -0.3 is 28.4 Å². The predicted octanol–water partition coefficient (Wildman–Crippen LogP) is 3.58. The molecule has 0 unspecified atom stereocenters. The first kappa shape index (κ1) is 22.9. The zero-order valence-electron chi connectivity index (χ0n) is 18.8. The second-order valence-corrected chi connectivity index (χ2v) is 6.94. The average Bonchev–Trinajstić information content (AvgIpc) is 3.29. The molecule has 9 heteroatoms. The van der Waals surface area contributed by atoms with Gasteiger partial charge in [-0.1, -0.05) is 24.2 Å². The van der Waals surface area contributed by atoms with Crippen molar-refractivity contribution in [1.82, 2.24) is 15.0 Å². The van der Waals surface area contributed by atoms with Gasteiger partial charge in [0.05, 0.1) is 33.4 Å². The van der Waals surface area contributed by atoms with E-state index in [1.54, 1.807) is 58.7 Å². The number of benzene rings is 2. The van der Waals surface area contributed by atoms with Crippen LogP contribution in [0.1, 0.15) is 19.2 Å². The van der Waals surface area contributed by atoms with Crippen molar-refractivity contribution in [2.75, 3.05) is 28.4 Å². The van der Waals surface area contributed by atoms with Crippen LogP contribution in [0.25, 0.3) is 11.4 Å². The molecule has 2 aromatic carbocycles. The van der Waals surface area contributed by atoms with E-state index in [1.165, 1.54) is 4.90 Å². The van der Waals surface area contributed by atoms with Crippen molar-refractivity contribution in [2.45, 2.75) is 26.0 Å². The summed E-state index contributed by atoms with van der Waals surface area (Å²) in [5.74, 6) is 2.73. The van der Waals surface area contributed by atoms with Crippen LogP contribution in [-0.2, 0) is 11.3 Å². The van der Waals surface area contributed by atoms with Crippen LogP contribution in [0.4, 0.5) is 0 Å². The second-order valence-electron chi connectivity index (χ2n) is 6.94. The second kappa shape index (κ2) is 10.5. The summed E-state index contributed by atoms with van der Waals surface area (Å²) in [5.41, 5.74) is 0.656. The number of carbonyl (C=O) groups excluding carboxylic acids is 1. The van der Waals surface area contributed by atoms with Gasteiger partial charge in [0.25, 0.3) is 5.91 Å². The molecule has 1 aromatic heterocycles. The van der Waals surface area contributed by atoms with E-state index >= 15 is 0 Å². The minimum absolute atomic E-state index is 0.135. The highest BCUT2D eigenvalue weighted by Gasteiger charge is 2.25. The lowest BCUT2D eigenvalue weighted by molar-refractivity contribution is -0.138. The fourth-order valence-corrected chi connectivity index (χ4v) is 3.12. The molecule has 3 rings (SSSR count). The topological polar surface area (TPSA) is 96.2 Å². The van der Waals surface area contributed by atoms with Crippen LogP contribution >= 0.6 is 0 Å². The molecule has 0 spiro atoms. The van der Waals surface area contributed by atoms with Gasteiger partial charge >= 0.3 is 0 Å². The third kappa shape index (κ3) is 5.11. The molecule has 1 atom stereocenters. The summed E-state index contributed by atoms with van der Waals surface area (Å²) in [5, 5.41) is 4.03. The zero-order chi connectivity index (χ0) is 23.1. The van der Waals surface area contributed by atoms with Crippen LogP contribution in [0.2, 0.25) is 0 Å². The van der Waals surface area contributed by atoms with Crippen molar-refractivity contribution < 1.29 is 28.3 Å². The van der Waals surface area contributed by atoms with Crippen molar-refractivity contribution >= 4 is 5.91 Å². The van der Waals surface area contributed by atoms with Crippen molar-refractivity contribution in [2.24, 2.45) is 0 Å². The minimum atomic E-state index is -0.680. The van der Waals surface area contributed by atoms with Crippen LogP contribution in [0.15, 0.2) is 47.0 Å². The molecule has 0 saturated heterocycles. The van der Waals surface area contributed by atoms with Crippen molar-refractivity contribution in [3.63, 3.8) is 0 Å². The molecule has 9 nitrogen and oxygen atoms in total. The molecule has 0 saturated carbocycles. The fraction of sp³-hybridized carbons (Fsp3) is 0.348. The molecule has 3 aromatic rings. The molecule has 0 fully saturated rings. The Kier molecular flexibility index (Phi) is 7.54. The molecule has 1 heterocycles. The number of carbonyl (C=O) groups is 1. The molecule has 32 heavy (non-hydrogen) atoms. The predicted molar refractivity (Wildman–Crippen MR) is 117 cm³/mol. The highest BCUT2D eigenvalue weighted by molar-refractivity contribution is 5.81.